The van der Waals surface area contributed by atoms with E-state index in [2.05, 4.69) is 16.2 Å². The molecule has 3 heteroatoms. The van der Waals surface area contributed by atoms with Crippen LogP contribution in [-0.4, -0.2) is 11.2 Å². The lowest BCUT2D eigenvalue weighted by molar-refractivity contribution is 0.346. The van der Waals surface area contributed by atoms with Crippen LogP contribution < -0.4 is 4.84 Å². The van der Waals surface area contributed by atoms with Gasteiger partial charge in [0, 0.05) is 10.9 Å². The largest absolute Gasteiger partial charge is 0.356 e. The lowest BCUT2D eigenvalue weighted by Crippen LogP contribution is -1.99. The fourth-order valence-corrected chi connectivity index (χ4v) is 2.29. The quantitative estimate of drug-likeness (QED) is 0.545. The molecule has 0 amide bonds. The predicted octanol–water partition coefficient (Wildman–Crippen LogP) is 3.11. The molecule has 1 aromatic heterocycles. The molecule has 1 aliphatic heterocycles. The van der Waals surface area contributed by atoms with Crippen LogP contribution >= 0.6 is 0 Å². The molecule has 0 saturated carbocycles. The summed E-state index contributed by atoms with van der Waals surface area (Å²) in [4.78, 5) is 9.91. The van der Waals surface area contributed by atoms with Gasteiger partial charge in [0.25, 0.3) is 0 Å². The van der Waals surface area contributed by atoms with Crippen molar-refractivity contribution in [3.8, 4) is 5.75 Å². The second-order valence-corrected chi connectivity index (χ2v) is 4.02. The first-order chi connectivity index (χ1) is 8.43. The molecule has 80 valence electrons. The van der Waals surface area contributed by atoms with E-state index in [1.807, 2.05) is 36.4 Å². The Morgan fingerprint density at radius 2 is 1.76 bits per heavy atom. The van der Waals surface area contributed by atoms with E-state index in [0.29, 0.717) is 0 Å². The maximum absolute atomic E-state index is 5.27. The van der Waals surface area contributed by atoms with E-state index in [1.165, 1.54) is 0 Å². The Balaban J connectivity index is 2.34. The van der Waals surface area contributed by atoms with Gasteiger partial charge in [-0.1, -0.05) is 29.4 Å². The average Bonchev–Trinajstić information content (AvgIpc) is 2.39. The number of hydrogen-bond donors (Lipinski definition) is 0. The van der Waals surface area contributed by atoms with Crippen molar-refractivity contribution in [2.24, 2.45) is 5.16 Å². The van der Waals surface area contributed by atoms with Gasteiger partial charge in [-0.3, -0.25) is 0 Å². The fourth-order valence-electron chi connectivity index (χ4n) is 2.29. The molecule has 0 aliphatic carbocycles. The molecule has 17 heavy (non-hydrogen) atoms. The Morgan fingerprint density at radius 1 is 0.882 bits per heavy atom. The summed E-state index contributed by atoms with van der Waals surface area (Å²) in [5.41, 5.74) is 3.02. The van der Waals surface area contributed by atoms with Crippen molar-refractivity contribution in [3.63, 3.8) is 0 Å². The van der Waals surface area contributed by atoms with Crippen LogP contribution in [0.1, 0.15) is 5.56 Å². The molecule has 1 aliphatic rings. The van der Waals surface area contributed by atoms with Crippen LogP contribution in [0.25, 0.3) is 21.8 Å². The zero-order valence-electron chi connectivity index (χ0n) is 8.92. The minimum absolute atomic E-state index is 0.776. The maximum Gasteiger partial charge on any atom is 0.168 e. The Labute approximate surface area is 97.3 Å². The maximum atomic E-state index is 5.27. The highest BCUT2D eigenvalue weighted by atomic mass is 16.6. The summed E-state index contributed by atoms with van der Waals surface area (Å²) in [6.07, 6.45) is 1.76. The van der Waals surface area contributed by atoms with Crippen molar-refractivity contribution in [1.82, 2.24) is 4.98 Å². The van der Waals surface area contributed by atoms with Gasteiger partial charge in [0.05, 0.1) is 22.6 Å². The van der Waals surface area contributed by atoms with Crippen LogP contribution in [0.5, 0.6) is 5.75 Å². The van der Waals surface area contributed by atoms with Gasteiger partial charge in [-0.2, -0.15) is 0 Å². The molecule has 4 rings (SSSR count). The van der Waals surface area contributed by atoms with E-state index < -0.39 is 0 Å². The normalized spacial score (nSPS) is 12.9. The molecular formula is C14H8N2O. The van der Waals surface area contributed by atoms with Crippen LogP contribution in [0.15, 0.2) is 47.6 Å². The van der Waals surface area contributed by atoms with Gasteiger partial charge in [0.1, 0.15) is 0 Å². The highest BCUT2D eigenvalue weighted by Gasteiger charge is 2.14. The highest BCUT2D eigenvalue weighted by molar-refractivity contribution is 6.13. The van der Waals surface area contributed by atoms with Crippen molar-refractivity contribution in [2.75, 3.05) is 0 Å². The molecule has 2 aromatic carbocycles. The number of hydrogen-bond acceptors (Lipinski definition) is 3. The molecule has 0 unspecified atom stereocenters. The zero-order chi connectivity index (χ0) is 11.2. The summed E-state index contributed by atoms with van der Waals surface area (Å²) in [5.74, 6) is 0.776. The molecule has 3 aromatic rings. The Hall–Kier alpha value is -2.42. The van der Waals surface area contributed by atoms with Crippen molar-refractivity contribution in [3.05, 3.63) is 48.0 Å². The van der Waals surface area contributed by atoms with E-state index in [9.17, 15) is 0 Å². The van der Waals surface area contributed by atoms with Gasteiger partial charge in [-0.25, -0.2) is 4.98 Å². The Kier molecular flexibility index (Phi) is 1.56. The molecule has 0 saturated heterocycles. The monoisotopic (exact) mass is 220 g/mol. The van der Waals surface area contributed by atoms with Gasteiger partial charge in [0.2, 0.25) is 0 Å². The summed E-state index contributed by atoms with van der Waals surface area (Å²) in [6, 6.07) is 13.9. The molecular weight excluding hydrogens is 212 g/mol. The first-order valence-electron chi connectivity index (χ1n) is 5.45. The van der Waals surface area contributed by atoms with Crippen molar-refractivity contribution in [2.45, 2.75) is 0 Å². The summed E-state index contributed by atoms with van der Waals surface area (Å²) in [6.45, 7) is 0. The second-order valence-electron chi connectivity index (χ2n) is 4.02. The van der Waals surface area contributed by atoms with Crippen LogP contribution in [0, 0.1) is 0 Å². The molecule has 3 nitrogen and oxygen atoms in total. The lowest BCUT2D eigenvalue weighted by Gasteiger charge is -2.13. The van der Waals surface area contributed by atoms with Gasteiger partial charge < -0.3 is 4.84 Å². The number of oxime groups is 1. The zero-order valence-corrected chi connectivity index (χ0v) is 8.92. The Morgan fingerprint density at radius 3 is 2.76 bits per heavy atom. The third-order valence-corrected chi connectivity index (χ3v) is 3.04. The average molecular weight is 220 g/mol. The first-order valence-corrected chi connectivity index (χ1v) is 5.45. The number of nitrogens with zero attached hydrogens (tertiary/aromatic N) is 2. The van der Waals surface area contributed by atoms with Crippen LogP contribution in [0.4, 0.5) is 0 Å². The van der Waals surface area contributed by atoms with Crippen LogP contribution in [-0.2, 0) is 0 Å². The smallest absolute Gasteiger partial charge is 0.168 e. The second kappa shape index (κ2) is 3.04. The number of fused-ring (bicyclic) bond motifs is 2. The van der Waals surface area contributed by atoms with Crippen molar-refractivity contribution in [1.29, 1.82) is 0 Å². The molecule has 0 N–H and O–H groups in total. The number of aromatic nitrogens is 1. The van der Waals surface area contributed by atoms with E-state index in [1.54, 1.807) is 6.21 Å². The number of rotatable bonds is 0. The van der Waals surface area contributed by atoms with Gasteiger partial charge in [-0.05, 0) is 18.2 Å². The molecule has 0 atom stereocenters. The molecule has 0 fully saturated rings. The lowest BCUT2D eigenvalue weighted by atomic mass is 10.0. The molecule has 2 heterocycles. The molecule has 0 spiro atoms. The number of para-hydroxylation sites is 1. The standard InChI is InChI=1S/C14H8N2O/c1-2-5-11-9(4-1)10-8-15-17-13-7-3-6-12(16-11)14(10)13/h1-8H. The van der Waals surface area contributed by atoms with E-state index in [-0.39, 0.29) is 0 Å². The van der Waals surface area contributed by atoms with Crippen molar-refractivity contribution >= 4 is 28.0 Å². The first kappa shape index (κ1) is 8.70. The van der Waals surface area contributed by atoms with Gasteiger partial charge >= 0.3 is 0 Å². The summed E-state index contributed by atoms with van der Waals surface area (Å²) in [7, 11) is 0. The SMILES string of the molecule is C1=NOc2cccc3nc4ccccc4c1c23. The Bertz CT molecular complexity index is 778. The van der Waals surface area contributed by atoms with Gasteiger partial charge in [-0.15, -0.1) is 0 Å². The van der Waals surface area contributed by atoms with E-state index in [4.69, 9.17) is 4.84 Å². The molecule has 0 radical (unpaired) electrons. The van der Waals surface area contributed by atoms with Gasteiger partial charge in [0.15, 0.2) is 5.75 Å². The minimum Gasteiger partial charge on any atom is -0.356 e. The number of pyridine rings is 1. The molecule has 0 bridgehead atoms. The third-order valence-electron chi connectivity index (χ3n) is 3.04. The topological polar surface area (TPSA) is 34.5 Å². The van der Waals surface area contributed by atoms with E-state index >= 15 is 0 Å². The third kappa shape index (κ3) is 1.11. The number of benzene rings is 2. The summed E-state index contributed by atoms with van der Waals surface area (Å²) >= 11 is 0. The highest BCUT2D eigenvalue weighted by Crippen LogP contribution is 2.33. The minimum atomic E-state index is 0.776. The van der Waals surface area contributed by atoms with E-state index in [0.717, 1.165) is 33.1 Å². The van der Waals surface area contributed by atoms with Crippen LogP contribution in [0.3, 0.4) is 0 Å². The van der Waals surface area contributed by atoms with Crippen LogP contribution in [0.2, 0.25) is 0 Å². The summed E-state index contributed by atoms with van der Waals surface area (Å²) in [5, 5.41) is 6.09. The predicted molar refractivity (Wildman–Crippen MR) is 67.5 cm³/mol. The fraction of sp³-hybridized carbons (Fsp3) is 0. The van der Waals surface area contributed by atoms with Crippen molar-refractivity contribution < 1.29 is 4.84 Å². The summed E-state index contributed by atoms with van der Waals surface area (Å²) < 4.78 is 0.